The van der Waals surface area contributed by atoms with Crippen LogP contribution in [0.15, 0.2) is 28.8 Å². The van der Waals surface area contributed by atoms with Gasteiger partial charge in [0.2, 0.25) is 0 Å². The van der Waals surface area contributed by atoms with Crippen LogP contribution in [-0.2, 0) is 6.42 Å². The molecule has 2 rings (SSSR count). The SMILES string of the molecule is Cc1c(-c2ccc(F)cc2)noc1CCN. The zero-order valence-corrected chi connectivity index (χ0v) is 9.03. The van der Waals surface area contributed by atoms with Crippen LogP contribution in [0.25, 0.3) is 11.3 Å². The van der Waals surface area contributed by atoms with Gasteiger partial charge in [-0.3, -0.25) is 0 Å². The van der Waals surface area contributed by atoms with Crippen molar-refractivity contribution < 1.29 is 8.91 Å². The highest BCUT2D eigenvalue weighted by molar-refractivity contribution is 5.62. The lowest BCUT2D eigenvalue weighted by atomic mass is 10.1. The first-order valence-electron chi connectivity index (χ1n) is 5.13. The van der Waals surface area contributed by atoms with E-state index >= 15 is 0 Å². The molecule has 0 aliphatic heterocycles. The first-order chi connectivity index (χ1) is 7.72. The molecule has 0 bridgehead atoms. The summed E-state index contributed by atoms with van der Waals surface area (Å²) in [6.07, 6.45) is 0.667. The van der Waals surface area contributed by atoms with Crippen molar-refractivity contribution in [2.45, 2.75) is 13.3 Å². The van der Waals surface area contributed by atoms with E-state index in [9.17, 15) is 4.39 Å². The lowest BCUT2D eigenvalue weighted by Gasteiger charge is -1.97. The molecule has 2 N–H and O–H groups in total. The third-order valence-corrected chi connectivity index (χ3v) is 2.51. The minimum Gasteiger partial charge on any atom is -0.360 e. The number of hydrogen-bond donors (Lipinski definition) is 1. The Bertz CT molecular complexity index is 476. The summed E-state index contributed by atoms with van der Waals surface area (Å²) in [6, 6.07) is 6.19. The minimum absolute atomic E-state index is 0.257. The molecule has 0 spiro atoms. The van der Waals surface area contributed by atoms with E-state index in [4.69, 9.17) is 10.3 Å². The quantitative estimate of drug-likeness (QED) is 0.863. The molecule has 2 aromatic rings. The molecular formula is C12H13FN2O. The zero-order valence-electron chi connectivity index (χ0n) is 9.03. The molecule has 0 fully saturated rings. The van der Waals surface area contributed by atoms with E-state index in [1.165, 1.54) is 12.1 Å². The van der Waals surface area contributed by atoms with Crippen LogP contribution >= 0.6 is 0 Å². The van der Waals surface area contributed by atoms with Gasteiger partial charge in [-0.05, 0) is 37.7 Å². The fraction of sp³-hybridized carbons (Fsp3) is 0.250. The highest BCUT2D eigenvalue weighted by Gasteiger charge is 2.12. The van der Waals surface area contributed by atoms with Gasteiger partial charge in [0.05, 0.1) is 0 Å². The van der Waals surface area contributed by atoms with E-state index in [1.807, 2.05) is 6.92 Å². The van der Waals surface area contributed by atoms with E-state index in [0.717, 1.165) is 22.6 Å². The standard InChI is InChI=1S/C12H13FN2O/c1-8-11(6-7-14)16-15-12(8)9-2-4-10(13)5-3-9/h2-5H,6-7,14H2,1H3. The molecule has 4 heteroatoms. The van der Waals surface area contributed by atoms with Crippen molar-refractivity contribution in [3.05, 3.63) is 41.4 Å². The van der Waals surface area contributed by atoms with Crippen molar-refractivity contribution >= 4 is 0 Å². The third kappa shape index (κ3) is 1.97. The van der Waals surface area contributed by atoms with Crippen molar-refractivity contribution in [2.24, 2.45) is 5.73 Å². The van der Waals surface area contributed by atoms with Gasteiger partial charge in [-0.15, -0.1) is 0 Å². The number of nitrogens with two attached hydrogens (primary N) is 1. The molecule has 0 amide bonds. The van der Waals surface area contributed by atoms with Gasteiger partial charge in [0, 0.05) is 17.5 Å². The maximum absolute atomic E-state index is 12.8. The maximum atomic E-state index is 12.8. The average Bonchev–Trinajstić information content (AvgIpc) is 2.63. The highest BCUT2D eigenvalue weighted by Crippen LogP contribution is 2.24. The Balaban J connectivity index is 2.37. The highest BCUT2D eigenvalue weighted by atomic mass is 19.1. The minimum atomic E-state index is -0.257. The van der Waals surface area contributed by atoms with Crippen LogP contribution in [-0.4, -0.2) is 11.7 Å². The van der Waals surface area contributed by atoms with E-state index in [2.05, 4.69) is 5.16 Å². The Morgan fingerprint density at radius 2 is 2.00 bits per heavy atom. The van der Waals surface area contributed by atoms with Gasteiger partial charge in [0.15, 0.2) is 0 Å². The summed E-state index contributed by atoms with van der Waals surface area (Å²) in [7, 11) is 0. The lowest BCUT2D eigenvalue weighted by Crippen LogP contribution is -2.02. The molecule has 3 nitrogen and oxygen atoms in total. The summed E-state index contributed by atoms with van der Waals surface area (Å²) in [5.41, 5.74) is 8.04. The molecule has 1 aromatic carbocycles. The van der Waals surface area contributed by atoms with Crippen molar-refractivity contribution in [1.29, 1.82) is 0 Å². The molecule has 84 valence electrons. The van der Waals surface area contributed by atoms with Crippen LogP contribution in [0.3, 0.4) is 0 Å². The molecule has 1 heterocycles. The van der Waals surface area contributed by atoms with E-state index in [0.29, 0.717) is 13.0 Å². The number of rotatable bonds is 3. The van der Waals surface area contributed by atoms with Crippen molar-refractivity contribution in [3.63, 3.8) is 0 Å². The number of nitrogens with zero attached hydrogens (tertiary/aromatic N) is 1. The molecule has 0 saturated heterocycles. The summed E-state index contributed by atoms with van der Waals surface area (Å²) in [6.45, 7) is 2.46. The Morgan fingerprint density at radius 3 is 2.62 bits per heavy atom. The van der Waals surface area contributed by atoms with Gasteiger partial charge in [0.25, 0.3) is 0 Å². The smallest absolute Gasteiger partial charge is 0.141 e. The first kappa shape index (κ1) is 10.8. The largest absolute Gasteiger partial charge is 0.360 e. The predicted molar refractivity (Wildman–Crippen MR) is 59.4 cm³/mol. The van der Waals surface area contributed by atoms with Crippen LogP contribution in [0.4, 0.5) is 4.39 Å². The summed E-state index contributed by atoms with van der Waals surface area (Å²) < 4.78 is 18.0. The maximum Gasteiger partial charge on any atom is 0.141 e. The number of benzene rings is 1. The van der Waals surface area contributed by atoms with Crippen molar-refractivity contribution in [2.75, 3.05) is 6.54 Å². The number of aromatic nitrogens is 1. The molecule has 0 atom stereocenters. The van der Waals surface area contributed by atoms with Crippen LogP contribution in [0, 0.1) is 12.7 Å². The normalized spacial score (nSPS) is 10.7. The van der Waals surface area contributed by atoms with Crippen molar-refractivity contribution in [1.82, 2.24) is 5.16 Å². The summed E-state index contributed by atoms with van der Waals surface area (Å²) in [5.74, 6) is 0.536. The Kier molecular flexibility index (Phi) is 3.01. The summed E-state index contributed by atoms with van der Waals surface area (Å²) >= 11 is 0. The van der Waals surface area contributed by atoms with Gasteiger partial charge in [0.1, 0.15) is 17.3 Å². The second-order valence-electron chi connectivity index (χ2n) is 3.62. The lowest BCUT2D eigenvalue weighted by molar-refractivity contribution is 0.385. The molecule has 0 aliphatic rings. The predicted octanol–water partition coefficient (Wildman–Crippen LogP) is 2.29. The zero-order chi connectivity index (χ0) is 11.5. The molecule has 0 aliphatic carbocycles. The topological polar surface area (TPSA) is 52.0 Å². The van der Waals surface area contributed by atoms with Crippen LogP contribution in [0.2, 0.25) is 0 Å². The fourth-order valence-corrected chi connectivity index (χ4v) is 1.61. The Hall–Kier alpha value is -1.68. The average molecular weight is 220 g/mol. The van der Waals surface area contributed by atoms with E-state index in [1.54, 1.807) is 12.1 Å². The van der Waals surface area contributed by atoms with E-state index < -0.39 is 0 Å². The summed E-state index contributed by atoms with van der Waals surface area (Å²) in [5, 5.41) is 3.98. The second kappa shape index (κ2) is 4.45. The summed E-state index contributed by atoms with van der Waals surface area (Å²) in [4.78, 5) is 0. The van der Waals surface area contributed by atoms with Crippen LogP contribution in [0.5, 0.6) is 0 Å². The molecule has 0 radical (unpaired) electrons. The molecular weight excluding hydrogens is 207 g/mol. The molecule has 0 unspecified atom stereocenters. The second-order valence-corrected chi connectivity index (χ2v) is 3.62. The van der Waals surface area contributed by atoms with Crippen LogP contribution < -0.4 is 5.73 Å². The Labute approximate surface area is 93.1 Å². The van der Waals surface area contributed by atoms with Gasteiger partial charge in [-0.25, -0.2) is 4.39 Å². The van der Waals surface area contributed by atoms with Crippen molar-refractivity contribution in [3.8, 4) is 11.3 Å². The molecule has 1 aromatic heterocycles. The van der Waals surface area contributed by atoms with Gasteiger partial charge < -0.3 is 10.3 Å². The van der Waals surface area contributed by atoms with Gasteiger partial charge in [-0.2, -0.15) is 0 Å². The van der Waals surface area contributed by atoms with Crippen LogP contribution in [0.1, 0.15) is 11.3 Å². The number of hydrogen-bond acceptors (Lipinski definition) is 3. The number of halogens is 1. The Morgan fingerprint density at radius 1 is 1.31 bits per heavy atom. The first-order valence-corrected chi connectivity index (χ1v) is 5.13. The monoisotopic (exact) mass is 220 g/mol. The third-order valence-electron chi connectivity index (χ3n) is 2.51. The molecule has 0 saturated carbocycles. The van der Waals surface area contributed by atoms with Gasteiger partial charge >= 0.3 is 0 Å². The van der Waals surface area contributed by atoms with Gasteiger partial charge in [-0.1, -0.05) is 5.16 Å². The molecule has 16 heavy (non-hydrogen) atoms. The fourth-order valence-electron chi connectivity index (χ4n) is 1.61. The van der Waals surface area contributed by atoms with E-state index in [-0.39, 0.29) is 5.82 Å².